The second-order valence-electron chi connectivity index (χ2n) is 7.68. The Bertz CT molecular complexity index is 873. The fourth-order valence-electron chi connectivity index (χ4n) is 4.53. The maximum absolute atomic E-state index is 12.7. The van der Waals surface area contributed by atoms with E-state index in [0.717, 1.165) is 34.7 Å². The number of aliphatic carboxylic acids is 1. The number of benzene rings is 2. The Kier molecular flexibility index (Phi) is 5.42. The number of rotatable bonds is 6. The van der Waals surface area contributed by atoms with Gasteiger partial charge in [0.05, 0.1) is 17.6 Å². The summed E-state index contributed by atoms with van der Waals surface area (Å²) in [5.74, 6) is -0.636. The van der Waals surface area contributed by atoms with Crippen molar-refractivity contribution in [3.05, 3.63) is 54.6 Å². The summed E-state index contributed by atoms with van der Waals surface area (Å²) in [5.41, 5.74) is 0.134. The van der Waals surface area contributed by atoms with E-state index in [1.165, 1.54) is 0 Å². The smallest absolute Gasteiger partial charge is 0.311 e. The number of para-hydroxylation sites is 1. The van der Waals surface area contributed by atoms with Crippen LogP contribution in [0.5, 0.6) is 0 Å². The van der Waals surface area contributed by atoms with Crippen LogP contribution in [-0.2, 0) is 9.59 Å². The van der Waals surface area contributed by atoms with E-state index in [1.807, 2.05) is 59.5 Å². The van der Waals surface area contributed by atoms with Crippen LogP contribution < -0.4 is 5.32 Å². The second-order valence-corrected chi connectivity index (χ2v) is 8.79. The first-order valence-electron chi connectivity index (χ1n) is 9.64. The molecule has 4 rings (SSSR count). The maximum Gasteiger partial charge on any atom is 0.311 e. The van der Waals surface area contributed by atoms with Crippen molar-refractivity contribution in [2.45, 2.75) is 29.1 Å². The van der Waals surface area contributed by atoms with Crippen molar-refractivity contribution in [2.75, 3.05) is 25.0 Å². The van der Waals surface area contributed by atoms with Crippen LogP contribution in [0.3, 0.4) is 0 Å². The molecule has 2 N–H and O–H groups in total. The van der Waals surface area contributed by atoms with Crippen LogP contribution in [-0.4, -0.2) is 41.5 Å². The first-order valence-corrected chi connectivity index (χ1v) is 10.5. The number of carboxylic acid groups (broad SMARTS) is 1. The molecule has 6 heteroatoms. The largest absolute Gasteiger partial charge is 0.481 e. The summed E-state index contributed by atoms with van der Waals surface area (Å²) in [6.07, 6.45) is 2.64. The standard InChI is InChI=1S/C22H24N2O3S/c25-20(14-24-13-16-7-6-12-22(16,15-24)21(26)27)23-18-10-4-5-11-19(18)28-17-8-2-1-3-9-17/h1-5,8-11,16H,6-7,12-15H2,(H,23,25)(H,26,27)/t16-,22+/m0/s1. The zero-order valence-corrected chi connectivity index (χ0v) is 16.5. The highest BCUT2D eigenvalue weighted by atomic mass is 32.2. The minimum atomic E-state index is -0.706. The average Bonchev–Trinajstić information content (AvgIpc) is 3.22. The molecule has 146 valence electrons. The van der Waals surface area contributed by atoms with Crippen LogP contribution >= 0.6 is 11.8 Å². The number of carbonyl (C=O) groups excluding carboxylic acids is 1. The van der Waals surface area contributed by atoms with Crippen LogP contribution in [0.15, 0.2) is 64.4 Å². The molecule has 1 amide bonds. The molecule has 2 fully saturated rings. The van der Waals surface area contributed by atoms with Crippen LogP contribution in [0.25, 0.3) is 0 Å². The molecule has 0 radical (unpaired) electrons. The Morgan fingerprint density at radius 3 is 2.64 bits per heavy atom. The third-order valence-corrected chi connectivity index (χ3v) is 6.95. The van der Waals surface area contributed by atoms with Crippen molar-refractivity contribution in [1.29, 1.82) is 0 Å². The Hall–Kier alpha value is -2.31. The van der Waals surface area contributed by atoms with Crippen molar-refractivity contribution in [2.24, 2.45) is 11.3 Å². The first kappa shape index (κ1) is 19.0. The predicted octanol–water partition coefficient (Wildman–Crippen LogP) is 3.96. The van der Waals surface area contributed by atoms with Gasteiger partial charge in [-0.25, -0.2) is 0 Å². The molecule has 0 spiro atoms. The number of anilines is 1. The van der Waals surface area contributed by atoms with E-state index in [1.54, 1.807) is 11.8 Å². The van der Waals surface area contributed by atoms with Gasteiger partial charge in [-0.15, -0.1) is 0 Å². The van der Waals surface area contributed by atoms with E-state index < -0.39 is 11.4 Å². The second kappa shape index (κ2) is 7.97. The van der Waals surface area contributed by atoms with E-state index in [0.29, 0.717) is 13.1 Å². The molecule has 2 aliphatic rings. The average molecular weight is 397 g/mol. The van der Waals surface area contributed by atoms with E-state index in [4.69, 9.17) is 0 Å². The van der Waals surface area contributed by atoms with E-state index in [-0.39, 0.29) is 18.4 Å². The van der Waals surface area contributed by atoms with E-state index >= 15 is 0 Å². The summed E-state index contributed by atoms with van der Waals surface area (Å²) in [4.78, 5) is 28.6. The molecule has 0 unspecified atom stereocenters. The quantitative estimate of drug-likeness (QED) is 0.773. The molecule has 1 aliphatic heterocycles. The van der Waals surface area contributed by atoms with Gasteiger partial charge in [-0.1, -0.05) is 48.5 Å². The van der Waals surface area contributed by atoms with Crippen molar-refractivity contribution in [1.82, 2.24) is 4.90 Å². The summed E-state index contributed by atoms with van der Waals surface area (Å²) < 4.78 is 0. The van der Waals surface area contributed by atoms with Crippen LogP contribution in [0, 0.1) is 11.3 Å². The lowest BCUT2D eigenvalue weighted by molar-refractivity contribution is -0.149. The van der Waals surface area contributed by atoms with Gasteiger partial charge >= 0.3 is 5.97 Å². The minimum Gasteiger partial charge on any atom is -0.481 e. The van der Waals surface area contributed by atoms with Crippen molar-refractivity contribution in [3.8, 4) is 0 Å². The number of carboxylic acids is 1. The lowest BCUT2D eigenvalue weighted by Gasteiger charge is -2.23. The first-order chi connectivity index (χ1) is 13.6. The predicted molar refractivity (Wildman–Crippen MR) is 109 cm³/mol. The molecular weight excluding hydrogens is 372 g/mol. The third kappa shape index (κ3) is 3.80. The number of amides is 1. The van der Waals surface area contributed by atoms with Crippen molar-refractivity contribution in [3.63, 3.8) is 0 Å². The third-order valence-electron chi connectivity index (χ3n) is 5.87. The Morgan fingerprint density at radius 1 is 1.14 bits per heavy atom. The van der Waals surface area contributed by atoms with Gasteiger partial charge in [0, 0.05) is 22.9 Å². The van der Waals surface area contributed by atoms with Crippen LogP contribution in [0.1, 0.15) is 19.3 Å². The SMILES string of the molecule is O=C(CN1C[C@@H]2CCC[C@@]2(C(=O)O)C1)Nc1ccccc1Sc1ccccc1. The Labute approximate surface area is 169 Å². The monoisotopic (exact) mass is 396 g/mol. The number of fused-ring (bicyclic) bond motifs is 1. The molecule has 2 aromatic rings. The number of nitrogens with one attached hydrogen (secondary N) is 1. The number of nitrogens with zero attached hydrogens (tertiary/aromatic N) is 1. The van der Waals surface area contributed by atoms with Gasteiger partial charge in [-0.2, -0.15) is 0 Å². The lowest BCUT2D eigenvalue weighted by atomic mass is 9.81. The minimum absolute atomic E-state index is 0.0957. The summed E-state index contributed by atoms with van der Waals surface area (Å²) in [6.45, 7) is 1.40. The summed E-state index contributed by atoms with van der Waals surface area (Å²) >= 11 is 1.61. The van der Waals surface area contributed by atoms with Gasteiger partial charge in [0.2, 0.25) is 5.91 Å². The molecule has 1 saturated heterocycles. The van der Waals surface area contributed by atoms with Gasteiger partial charge in [0.15, 0.2) is 0 Å². The molecule has 5 nitrogen and oxygen atoms in total. The molecule has 0 aromatic heterocycles. The Balaban J connectivity index is 1.40. The highest BCUT2D eigenvalue weighted by molar-refractivity contribution is 7.99. The molecule has 1 heterocycles. The topological polar surface area (TPSA) is 69.6 Å². The normalized spacial score (nSPS) is 24.1. The lowest BCUT2D eigenvalue weighted by Crippen LogP contribution is -2.37. The van der Waals surface area contributed by atoms with Crippen molar-refractivity contribution >= 4 is 29.3 Å². The van der Waals surface area contributed by atoms with Gasteiger partial charge in [0.1, 0.15) is 0 Å². The number of likely N-dealkylation sites (tertiary alicyclic amines) is 1. The number of hydrogen-bond donors (Lipinski definition) is 2. The van der Waals surface area contributed by atoms with Crippen LogP contribution in [0.2, 0.25) is 0 Å². The summed E-state index contributed by atoms with van der Waals surface area (Å²) in [5, 5.41) is 12.7. The highest BCUT2D eigenvalue weighted by Crippen LogP contribution is 2.48. The van der Waals surface area contributed by atoms with Gasteiger partial charge < -0.3 is 10.4 Å². The fraction of sp³-hybridized carbons (Fsp3) is 0.364. The fourth-order valence-corrected chi connectivity index (χ4v) is 5.45. The van der Waals surface area contributed by atoms with Gasteiger partial charge in [-0.3, -0.25) is 14.5 Å². The van der Waals surface area contributed by atoms with Gasteiger partial charge in [0.25, 0.3) is 0 Å². The molecule has 1 saturated carbocycles. The Morgan fingerprint density at radius 2 is 1.89 bits per heavy atom. The molecule has 0 bridgehead atoms. The van der Waals surface area contributed by atoms with Gasteiger partial charge in [-0.05, 0) is 43.0 Å². The molecule has 1 aliphatic carbocycles. The summed E-state index contributed by atoms with van der Waals surface area (Å²) in [6, 6.07) is 17.8. The molecular formula is C22H24N2O3S. The van der Waals surface area contributed by atoms with E-state index in [9.17, 15) is 14.7 Å². The number of hydrogen-bond acceptors (Lipinski definition) is 4. The van der Waals surface area contributed by atoms with Crippen LogP contribution in [0.4, 0.5) is 5.69 Å². The van der Waals surface area contributed by atoms with Crippen molar-refractivity contribution < 1.29 is 14.7 Å². The number of carbonyl (C=O) groups is 2. The van der Waals surface area contributed by atoms with E-state index in [2.05, 4.69) is 5.32 Å². The maximum atomic E-state index is 12.7. The molecule has 2 aromatic carbocycles. The zero-order chi connectivity index (χ0) is 19.6. The molecule has 2 atom stereocenters. The highest BCUT2D eigenvalue weighted by Gasteiger charge is 2.54. The summed E-state index contributed by atoms with van der Waals surface area (Å²) in [7, 11) is 0. The molecule has 28 heavy (non-hydrogen) atoms. The zero-order valence-electron chi connectivity index (χ0n) is 15.6.